The average molecular weight is 357 g/mol. The third-order valence-electron chi connectivity index (χ3n) is 8.71. The topological polar surface area (TPSA) is 43.4 Å². The highest BCUT2D eigenvalue weighted by molar-refractivity contribution is 6.01. The summed E-state index contributed by atoms with van der Waals surface area (Å²) in [6.45, 7) is 8.77. The van der Waals surface area contributed by atoms with Crippen molar-refractivity contribution in [2.45, 2.75) is 78.2 Å². The molecule has 3 fully saturated rings. The van der Waals surface area contributed by atoms with Gasteiger partial charge >= 0.3 is 5.97 Å². The number of ketones is 1. The molecule has 4 aliphatic carbocycles. The summed E-state index contributed by atoms with van der Waals surface area (Å²) in [5.41, 5.74) is 1.13. The van der Waals surface area contributed by atoms with E-state index in [-0.39, 0.29) is 28.2 Å². The van der Waals surface area contributed by atoms with Crippen molar-refractivity contribution in [2.24, 2.45) is 28.6 Å². The number of esters is 1. The third-order valence-corrected chi connectivity index (χ3v) is 8.71. The molecule has 4 aliphatic rings. The van der Waals surface area contributed by atoms with Crippen LogP contribution < -0.4 is 0 Å². The molecule has 0 amide bonds. The highest BCUT2D eigenvalue weighted by atomic mass is 16.6. The van der Waals surface area contributed by atoms with Gasteiger partial charge in [-0.15, -0.1) is 0 Å². The fourth-order valence-corrected chi connectivity index (χ4v) is 6.91. The van der Waals surface area contributed by atoms with E-state index in [1.807, 2.05) is 13.0 Å². The Kier molecular flexibility index (Phi) is 4.02. The fourth-order valence-electron chi connectivity index (χ4n) is 6.91. The van der Waals surface area contributed by atoms with Crippen LogP contribution in [0.4, 0.5) is 0 Å². The molecule has 4 rings (SSSR count). The summed E-state index contributed by atoms with van der Waals surface area (Å²) >= 11 is 0. The molecule has 0 radical (unpaired) electrons. The number of rotatable bonds is 2. The first-order valence-corrected chi connectivity index (χ1v) is 10.4. The van der Waals surface area contributed by atoms with Gasteiger partial charge in [-0.2, -0.15) is 0 Å². The summed E-state index contributed by atoms with van der Waals surface area (Å²) in [7, 11) is 0. The van der Waals surface area contributed by atoms with Crippen molar-refractivity contribution in [2.75, 3.05) is 0 Å². The second-order valence-electron chi connectivity index (χ2n) is 9.66. The van der Waals surface area contributed by atoms with Crippen LogP contribution >= 0.6 is 0 Å². The number of ether oxygens (including phenoxy) is 1. The van der Waals surface area contributed by atoms with Crippen molar-refractivity contribution in [1.29, 1.82) is 0 Å². The lowest BCUT2D eigenvalue weighted by Crippen LogP contribution is -2.54. The van der Waals surface area contributed by atoms with E-state index in [0.29, 0.717) is 24.2 Å². The van der Waals surface area contributed by atoms with Crippen LogP contribution in [0.5, 0.6) is 0 Å². The molecule has 0 heterocycles. The van der Waals surface area contributed by atoms with Gasteiger partial charge in [0.05, 0.1) is 0 Å². The number of hydrogen-bond donors (Lipinski definition) is 0. The maximum atomic E-state index is 12.1. The number of carbonyl (C=O) groups excluding carboxylic acids is 2. The second kappa shape index (κ2) is 5.81. The van der Waals surface area contributed by atoms with Crippen LogP contribution in [-0.2, 0) is 14.3 Å². The van der Waals surface area contributed by atoms with E-state index in [4.69, 9.17) is 4.74 Å². The Morgan fingerprint density at radius 2 is 1.88 bits per heavy atom. The predicted molar refractivity (Wildman–Crippen MR) is 101 cm³/mol. The SMILES string of the molecule is CCC(=O)O[C@@]1(C)CC[C@H]2[C@@H]3CCC4=CC(=O)C=C[C@]4(C)[C@H]3CC[C@@]21C. The van der Waals surface area contributed by atoms with Crippen molar-refractivity contribution in [3.63, 3.8) is 0 Å². The van der Waals surface area contributed by atoms with E-state index in [0.717, 1.165) is 32.1 Å². The molecule has 142 valence electrons. The van der Waals surface area contributed by atoms with Crippen LogP contribution in [0.15, 0.2) is 23.8 Å². The molecule has 0 spiro atoms. The lowest BCUT2D eigenvalue weighted by Gasteiger charge is -2.58. The first-order chi connectivity index (χ1) is 12.2. The zero-order valence-electron chi connectivity index (χ0n) is 16.6. The normalized spacial score (nSPS) is 46.8. The van der Waals surface area contributed by atoms with Gasteiger partial charge in [-0.25, -0.2) is 0 Å². The number of fused-ring (bicyclic) bond motifs is 5. The van der Waals surface area contributed by atoms with Crippen LogP contribution in [0.2, 0.25) is 0 Å². The Hall–Kier alpha value is -1.38. The van der Waals surface area contributed by atoms with E-state index in [2.05, 4.69) is 26.8 Å². The first-order valence-electron chi connectivity index (χ1n) is 10.4. The minimum Gasteiger partial charge on any atom is -0.459 e. The molecule has 0 unspecified atom stereocenters. The molecule has 26 heavy (non-hydrogen) atoms. The van der Waals surface area contributed by atoms with E-state index in [1.54, 1.807) is 6.08 Å². The van der Waals surface area contributed by atoms with Gasteiger partial charge in [0.15, 0.2) is 5.78 Å². The van der Waals surface area contributed by atoms with E-state index in [9.17, 15) is 9.59 Å². The molecule has 0 saturated heterocycles. The zero-order chi connectivity index (χ0) is 18.7. The Morgan fingerprint density at radius 1 is 1.15 bits per heavy atom. The standard InChI is InChI=1S/C23H32O3/c1-5-20(25)26-23(4)13-10-19-17-7-6-15-14-16(24)8-11-21(15,2)18(17)9-12-22(19,23)3/h8,11,14,17-19H,5-7,9-10,12-13H2,1-4H3/t17-,18+,19+,21+,22+,23+/m1/s1. The summed E-state index contributed by atoms with van der Waals surface area (Å²) in [5, 5.41) is 0. The lowest BCUT2D eigenvalue weighted by molar-refractivity contribution is -0.179. The molecule has 0 aromatic carbocycles. The Balaban J connectivity index is 1.64. The van der Waals surface area contributed by atoms with Crippen LogP contribution in [0.3, 0.4) is 0 Å². The van der Waals surface area contributed by atoms with Crippen molar-refractivity contribution in [1.82, 2.24) is 0 Å². The Labute approximate surface area is 157 Å². The van der Waals surface area contributed by atoms with Gasteiger partial charge < -0.3 is 4.74 Å². The molecule has 0 aliphatic heterocycles. The summed E-state index contributed by atoms with van der Waals surface area (Å²) in [4.78, 5) is 23.9. The minimum absolute atomic E-state index is 0.0389. The quantitative estimate of drug-likeness (QED) is 0.654. The van der Waals surface area contributed by atoms with Crippen molar-refractivity contribution in [3.05, 3.63) is 23.8 Å². The number of carbonyl (C=O) groups is 2. The highest BCUT2D eigenvalue weighted by Crippen LogP contribution is 2.67. The van der Waals surface area contributed by atoms with Crippen LogP contribution in [-0.4, -0.2) is 17.4 Å². The highest BCUT2D eigenvalue weighted by Gasteiger charge is 2.63. The van der Waals surface area contributed by atoms with E-state index < -0.39 is 0 Å². The molecule has 0 bridgehead atoms. The summed E-state index contributed by atoms with van der Waals surface area (Å²) in [5.74, 6) is 1.97. The monoisotopic (exact) mass is 356 g/mol. The van der Waals surface area contributed by atoms with Gasteiger partial charge in [0.1, 0.15) is 5.60 Å². The number of hydrogen-bond acceptors (Lipinski definition) is 3. The Morgan fingerprint density at radius 3 is 2.62 bits per heavy atom. The van der Waals surface area contributed by atoms with Gasteiger partial charge in [0.2, 0.25) is 0 Å². The summed E-state index contributed by atoms with van der Waals surface area (Å²) in [6, 6.07) is 0. The van der Waals surface area contributed by atoms with Gasteiger partial charge in [-0.1, -0.05) is 32.4 Å². The predicted octanol–water partition coefficient (Wildman–Crippen LogP) is 5.01. The van der Waals surface area contributed by atoms with Crippen molar-refractivity contribution in [3.8, 4) is 0 Å². The minimum atomic E-state index is -0.328. The molecular formula is C23H32O3. The molecule has 3 nitrogen and oxygen atoms in total. The average Bonchev–Trinajstić information content (AvgIpc) is 2.86. The largest absolute Gasteiger partial charge is 0.459 e. The maximum Gasteiger partial charge on any atom is 0.306 e. The smallest absolute Gasteiger partial charge is 0.306 e. The van der Waals surface area contributed by atoms with Gasteiger partial charge in [-0.05, 0) is 75.4 Å². The molecule has 0 aromatic rings. The first kappa shape index (κ1) is 18.0. The van der Waals surface area contributed by atoms with Crippen LogP contribution in [0, 0.1) is 28.6 Å². The van der Waals surface area contributed by atoms with E-state index >= 15 is 0 Å². The third kappa shape index (κ3) is 2.31. The van der Waals surface area contributed by atoms with Gasteiger partial charge in [0.25, 0.3) is 0 Å². The molecule has 6 atom stereocenters. The van der Waals surface area contributed by atoms with E-state index in [1.165, 1.54) is 12.0 Å². The maximum absolute atomic E-state index is 12.1. The zero-order valence-corrected chi connectivity index (χ0v) is 16.6. The molecule has 0 N–H and O–H groups in total. The number of allylic oxidation sites excluding steroid dienone is 4. The van der Waals surface area contributed by atoms with Gasteiger partial charge in [0, 0.05) is 17.3 Å². The van der Waals surface area contributed by atoms with Gasteiger partial charge in [-0.3, -0.25) is 9.59 Å². The fraction of sp³-hybridized carbons (Fsp3) is 0.739. The molecular weight excluding hydrogens is 324 g/mol. The van der Waals surface area contributed by atoms with Crippen molar-refractivity contribution < 1.29 is 14.3 Å². The summed E-state index contributed by atoms with van der Waals surface area (Å²) in [6.07, 6.45) is 12.9. The Bertz CT molecular complexity index is 704. The van der Waals surface area contributed by atoms with Crippen LogP contribution in [0.25, 0.3) is 0 Å². The molecule has 3 saturated carbocycles. The summed E-state index contributed by atoms with van der Waals surface area (Å²) < 4.78 is 6.04. The van der Waals surface area contributed by atoms with Crippen molar-refractivity contribution >= 4 is 11.8 Å². The molecule has 3 heteroatoms. The molecule has 0 aromatic heterocycles. The lowest BCUT2D eigenvalue weighted by atomic mass is 9.47. The second-order valence-corrected chi connectivity index (χ2v) is 9.66. The van der Waals surface area contributed by atoms with Crippen LogP contribution in [0.1, 0.15) is 72.6 Å².